The summed E-state index contributed by atoms with van der Waals surface area (Å²) >= 11 is 5.97. The topological polar surface area (TPSA) is 29.1 Å². The third-order valence-corrected chi connectivity index (χ3v) is 4.92. The molecule has 1 aromatic carbocycles. The fourth-order valence-electron chi connectivity index (χ4n) is 3.84. The zero-order valence-electron chi connectivity index (χ0n) is 11.8. The number of hydrogen-bond acceptors (Lipinski definition) is 1. The lowest BCUT2D eigenvalue weighted by molar-refractivity contribution is -0.140. The van der Waals surface area contributed by atoms with Crippen LogP contribution in [0.5, 0.6) is 0 Å². The van der Waals surface area contributed by atoms with E-state index < -0.39 is 0 Å². The Kier molecular flexibility index (Phi) is 3.37. The average molecular weight is 290 g/mol. The van der Waals surface area contributed by atoms with Crippen molar-refractivity contribution in [3.05, 3.63) is 41.4 Å². The Morgan fingerprint density at radius 2 is 2.10 bits per heavy atom. The van der Waals surface area contributed by atoms with Gasteiger partial charge < -0.3 is 5.32 Å². The van der Waals surface area contributed by atoms with Crippen LogP contribution in [0.3, 0.4) is 0 Å². The molecular weight excluding hydrogens is 270 g/mol. The summed E-state index contributed by atoms with van der Waals surface area (Å²) in [6.07, 6.45) is 9.58. The van der Waals surface area contributed by atoms with Crippen molar-refractivity contribution in [3.63, 3.8) is 0 Å². The molecule has 3 heteroatoms. The van der Waals surface area contributed by atoms with Gasteiger partial charge in [-0.25, -0.2) is 0 Å². The Morgan fingerprint density at radius 1 is 1.30 bits per heavy atom. The first-order valence-corrected chi connectivity index (χ1v) is 7.61. The first-order chi connectivity index (χ1) is 9.51. The van der Waals surface area contributed by atoms with Gasteiger partial charge in [0.2, 0.25) is 5.91 Å². The van der Waals surface area contributed by atoms with Crippen molar-refractivity contribution in [1.29, 1.82) is 0 Å². The minimum absolute atomic E-state index is 0.142. The summed E-state index contributed by atoms with van der Waals surface area (Å²) in [6, 6.07) is 7.36. The second-order valence-electron chi connectivity index (χ2n) is 6.62. The fourth-order valence-corrected chi connectivity index (χ4v) is 4.04. The van der Waals surface area contributed by atoms with E-state index in [-0.39, 0.29) is 11.3 Å². The van der Waals surface area contributed by atoms with Crippen LogP contribution in [0.1, 0.15) is 39.0 Å². The molecule has 106 valence electrons. The molecule has 0 atom stereocenters. The summed E-state index contributed by atoms with van der Waals surface area (Å²) in [5.41, 5.74) is 0.918. The Bertz CT molecular complexity index is 558. The standard InChI is InChI=1S/C17H20ClNO/c1-16-8-3-2-4-9-17(11-16,12-16)15(20)19-14-7-5-6-13(18)10-14/h2,4-7,10H,3,8-9,11-12H2,1H3,(H,19,20)/b4-2-. The Labute approximate surface area is 125 Å². The van der Waals surface area contributed by atoms with Crippen LogP contribution in [0.2, 0.25) is 5.02 Å². The van der Waals surface area contributed by atoms with Crippen LogP contribution in [0.15, 0.2) is 36.4 Å². The van der Waals surface area contributed by atoms with Crippen LogP contribution >= 0.6 is 11.6 Å². The third kappa shape index (κ3) is 2.49. The van der Waals surface area contributed by atoms with Crippen LogP contribution in [-0.2, 0) is 4.79 Å². The van der Waals surface area contributed by atoms with Gasteiger partial charge in [0.1, 0.15) is 0 Å². The molecule has 0 heterocycles. The number of anilines is 1. The van der Waals surface area contributed by atoms with Gasteiger partial charge in [0, 0.05) is 10.7 Å². The number of carbonyl (C=O) groups is 1. The second kappa shape index (κ2) is 4.92. The summed E-state index contributed by atoms with van der Waals surface area (Å²) in [7, 11) is 0. The zero-order chi connectivity index (χ0) is 14.2. The minimum Gasteiger partial charge on any atom is -0.326 e. The minimum atomic E-state index is -0.214. The van der Waals surface area contributed by atoms with Gasteiger partial charge in [0.05, 0.1) is 5.41 Å². The van der Waals surface area contributed by atoms with E-state index in [2.05, 4.69) is 24.4 Å². The summed E-state index contributed by atoms with van der Waals surface area (Å²) < 4.78 is 0. The molecular formula is C17H20ClNO. The molecule has 2 bridgehead atoms. The molecule has 1 amide bonds. The number of nitrogens with one attached hydrogen (secondary N) is 1. The smallest absolute Gasteiger partial charge is 0.230 e. The van der Waals surface area contributed by atoms with Gasteiger partial charge in [-0.3, -0.25) is 4.79 Å². The number of fused-ring (bicyclic) bond motifs is 3. The number of amides is 1. The molecule has 1 fully saturated rings. The molecule has 3 aliphatic rings. The number of carbonyl (C=O) groups excluding carboxylic acids is 1. The largest absolute Gasteiger partial charge is 0.326 e. The van der Waals surface area contributed by atoms with Crippen LogP contribution in [0.25, 0.3) is 0 Å². The third-order valence-electron chi connectivity index (χ3n) is 4.68. The quantitative estimate of drug-likeness (QED) is 0.778. The number of halogens is 1. The average Bonchev–Trinajstić information content (AvgIpc) is 2.32. The van der Waals surface area contributed by atoms with E-state index in [1.54, 1.807) is 6.07 Å². The van der Waals surface area contributed by atoms with Crippen molar-refractivity contribution >= 4 is 23.2 Å². The highest BCUT2D eigenvalue weighted by atomic mass is 35.5. The van der Waals surface area contributed by atoms with Crippen LogP contribution in [0, 0.1) is 10.8 Å². The lowest BCUT2D eigenvalue weighted by Crippen LogP contribution is -2.52. The molecule has 3 aliphatic carbocycles. The molecule has 0 saturated heterocycles. The van der Waals surface area contributed by atoms with Gasteiger partial charge in [0.15, 0.2) is 0 Å². The predicted octanol–water partition coefficient (Wildman–Crippen LogP) is 4.81. The first kappa shape index (κ1) is 13.7. The SMILES string of the molecule is CC12CC/C=C\CC(C(=O)Nc3cccc(Cl)c3)(C1)C2. The first-order valence-electron chi connectivity index (χ1n) is 7.24. The predicted molar refractivity (Wildman–Crippen MR) is 82.8 cm³/mol. The van der Waals surface area contributed by atoms with Gasteiger partial charge in [0.25, 0.3) is 0 Å². The summed E-state index contributed by atoms with van der Waals surface area (Å²) in [4.78, 5) is 12.7. The molecule has 1 saturated carbocycles. The number of hydrogen-bond donors (Lipinski definition) is 1. The molecule has 4 rings (SSSR count). The van der Waals surface area contributed by atoms with E-state index in [9.17, 15) is 4.79 Å². The van der Waals surface area contributed by atoms with Crippen LogP contribution in [0.4, 0.5) is 5.69 Å². The second-order valence-corrected chi connectivity index (χ2v) is 7.06. The van der Waals surface area contributed by atoms with E-state index in [0.29, 0.717) is 10.4 Å². The Morgan fingerprint density at radius 3 is 2.85 bits per heavy atom. The van der Waals surface area contributed by atoms with Crippen molar-refractivity contribution in [2.75, 3.05) is 5.32 Å². The lowest BCUT2D eigenvalue weighted by Gasteiger charge is -2.54. The van der Waals surface area contributed by atoms with Crippen molar-refractivity contribution in [1.82, 2.24) is 0 Å². The number of benzene rings is 1. The highest BCUT2D eigenvalue weighted by Gasteiger charge is 2.55. The van der Waals surface area contributed by atoms with E-state index >= 15 is 0 Å². The maximum Gasteiger partial charge on any atom is 0.230 e. The van der Waals surface area contributed by atoms with E-state index in [1.807, 2.05) is 18.2 Å². The summed E-state index contributed by atoms with van der Waals surface area (Å²) in [5.74, 6) is 0.142. The fraction of sp³-hybridized carbons (Fsp3) is 0.471. The Hall–Kier alpha value is -1.28. The normalized spacial score (nSPS) is 33.5. The monoisotopic (exact) mass is 289 g/mol. The Balaban J connectivity index is 1.76. The molecule has 0 aromatic heterocycles. The van der Waals surface area contributed by atoms with Gasteiger partial charge >= 0.3 is 0 Å². The molecule has 1 N–H and O–H groups in total. The highest BCUT2D eigenvalue weighted by Crippen LogP contribution is 2.60. The molecule has 20 heavy (non-hydrogen) atoms. The van der Waals surface area contributed by atoms with E-state index in [0.717, 1.165) is 31.4 Å². The highest BCUT2D eigenvalue weighted by molar-refractivity contribution is 6.30. The maximum atomic E-state index is 12.7. The summed E-state index contributed by atoms with van der Waals surface area (Å²) in [6.45, 7) is 2.30. The van der Waals surface area contributed by atoms with Crippen molar-refractivity contribution in [2.24, 2.45) is 10.8 Å². The van der Waals surface area contributed by atoms with Gasteiger partial charge in [-0.1, -0.05) is 36.7 Å². The van der Waals surface area contributed by atoms with Gasteiger partial charge in [-0.05, 0) is 55.7 Å². The van der Waals surface area contributed by atoms with Gasteiger partial charge in [-0.15, -0.1) is 0 Å². The van der Waals surface area contributed by atoms with Crippen molar-refractivity contribution in [3.8, 4) is 0 Å². The van der Waals surface area contributed by atoms with Crippen LogP contribution < -0.4 is 5.32 Å². The zero-order valence-corrected chi connectivity index (χ0v) is 12.5. The molecule has 1 aromatic rings. The summed E-state index contributed by atoms with van der Waals surface area (Å²) in [5, 5.41) is 3.69. The van der Waals surface area contributed by atoms with Crippen molar-refractivity contribution < 1.29 is 4.79 Å². The number of rotatable bonds is 2. The molecule has 2 nitrogen and oxygen atoms in total. The van der Waals surface area contributed by atoms with E-state index in [4.69, 9.17) is 11.6 Å². The molecule has 0 spiro atoms. The molecule has 0 radical (unpaired) electrons. The van der Waals surface area contributed by atoms with E-state index in [1.165, 1.54) is 6.42 Å². The molecule has 0 aliphatic heterocycles. The molecule has 0 unspecified atom stereocenters. The van der Waals surface area contributed by atoms with Crippen molar-refractivity contribution in [2.45, 2.75) is 39.0 Å². The van der Waals surface area contributed by atoms with Crippen LogP contribution in [-0.4, -0.2) is 5.91 Å². The lowest BCUT2D eigenvalue weighted by atomic mass is 9.50. The maximum absolute atomic E-state index is 12.7. The number of allylic oxidation sites excluding steroid dienone is 2. The van der Waals surface area contributed by atoms with Gasteiger partial charge in [-0.2, -0.15) is 0 Å².